The SMILES string of the molecule is CC(=O)Nc1cn[nH]c1C1CCCN(c2ncc(C)c(C)n2)C1. The Morgan fingerprint density at radius 3 is 2.96 bits per heavy atom. The summed E-state index contributed by atoms with van der Waals surface area (Å²) >= 11 is 0. The second-order valence-corrected chi connectivity index (χ2v) is 6.10. The van der Waals surface area contributed by atoms with E-state index < -0.39 is 0 Å². The topological polar surface area (TPSA) is 86.8 Å². The minimum Gasteiger partial charge on any atom is -0.340 e. The van der Waals surface area contributed by atoms with E-state index in [1.165, 1.54) is 6.92 Å². The number of carbonyl (C=O) groups excluding carboxylic acids is 1. The number of piperidine rings is 1. The molecular formula is C16H22N6O. The highest BCUT2D eigenvalue weighted by Gasteiger charge is 2.26. The number of rotatable bonds is 3. The van der Waals surface area contributed by atoms with Crippen LogP contribution in [-0.4, -0.2) is 39.2 Å². The zero-order chi connectivity index (χ0) is 16.4. The van der Waals surface area contributed by atoms with E-state index in [4.69, 9.17) is 0 Å². The molecule has 3 heterocycles. The average Bonchev–Trinajstić information content (AvgIpc) is 2.97. The van der Waals surface area contributed by atoms with E-state index in [-0.39, 0.29) is 11.8 Å². The molecule has 23 heavy (non-hydrogen) atoms. The van der Waals surface area contributed by atoms with Crippen molar-refractivity contribution in [2.75, 3.05) is 23.3 Å². The number of aromatic nitrogens is 4. The van der Waals surface area contributed by atoms with Crippen LogP contribution >= 0.6 is 0 Å². The normalized spacial score (nSPS) is 18.0. The molecule has 1 aliphatic rings. The molecule has 1 amide bonds. The first-order valence-electron chi connectivity index (χ1n) is 7.90. The van der Waals surface area contributed by atoms with Crippen LogP contribution in [0.4, 0.5) is 11.6 Å². The molecule has 1 aliphatic heterocycles. The van der Waals surface area contributed by atoms with E-state index in [0.29, 0.717) is 0 Å². The summed E-state index contributed by atoms with van der Waals surface area (Å²) in [5, 5.41) is 9.96. The van der Waals surface area contributed by atoms with Gasteiger partial charge >= 0.3 is 0 Å². The average molecular weight is 314 g/mol. The number of hydrogen-bond donors (Lipinski definition) is 2. The Bertz CT molecular complexity index is 710. The lowest BCUT2D eigenvalue weighted by Gasteiger charge is -2.32. The highest BCUT2D eigenvalue weighted by molar-refractivity contribution is 5.89. The van der Waals surface area contributed by atoms with Crippen molar-refractivity contribution in [1.82, 2.24) is 20.2 Å². The lowest BCUT2D eigenvalue weighted by molar-refractivity contribution is -0.114. The number of H-pyrrole nitrogens is 1. The molecule has 2 aromatic heterocycles. The molecule has 7 heteroatoms. The highest BCUT2D eigenvalue weighted by atomic mass is 16.1. The summed E-state index contributed by atoms with van der Waals surface area (Å²) in [7, 11) is 0. The number of anilines is 2. The third-order valence-corrected chi connectivity index (χ3v) is 4.30. The number of aromatic amines is 1. The third kappa shape index (κ3) is 3.33. The standard InChI is InChI=1S/C16H22N6O/c1-10-7-17-16(19-11(10)2)22-6-4-5-13(9-22)15-14(8-18-21-15)20-12(3)23/h7-8,13H,4-6,9H2,1-3H3,(H,18,21)(H,20,23). The van der Waals surface area contributed by atoms with Gasteiger partial charge in [0.05, 0.1) is 17.6 Å². The third-order valence-electron chi connectivity index (χ3n) is 4.30. The molecule has 0 bridgehead atoms. The molecule has 7 nitrogen and oxygen atoms in total. The van der Waals surface area contributed by atoms with Crippen molar-refractivity contribution in [3.05, 3.63) is 29.3 Å². The molecule has 1 fully saturated rings. The molecule has 3 rings (SSSR count). The van der Waals surface area contributed by atoms with Gasteiger partial charge in [-0.2, -0.15) is 5.10 Å². The number of nitrogens with one attached hydrogen (secondary N) is 2. The van der Waals surface area contributed by atoms with Crippen LogP contribution in [0.1, 0.15) is 42.6 Å². The molecule has 1 atom stereocenters. The molecule has 2 aromatic rings. The molecule has 0 aliphatic carbocycles. The molecule has 0 saturated carbocycles. The van der Waals surface area contributed by atoms with Crippen molar-refractivity contribution in [3.8, 4) is 0 Å². The molecule has 1 saturated heterocycles. The fourth-order valence-electron chi connectivity index (χ4n) is 2.96. The summed E-state index contributed by atoms with van der Waals surface area (Å²) in [5.74, 6) is 0.967. The van der Waals surface area contributed by atoms with Crippen LogP contribution in [0.5, 0.6) is 0 Å². The number of hydrogen-bond acceptors (Lipinski definition) is 5. The van der Waals surface area contributed by atoms with Gasteiger partial charge in [0.1, 0.15) is 0 Å². The van der Waals surface area contributed by atoms with Gasteiger partial charge in [0, 0.05) is 37.8 Å². The predicted molar refractivity (Wildman–Crippen MR) is 88.6 cm³/mol. The van der Waals surface area contributed by atoms with Crippen LogP contribution in [-0.2, 0) is 4.79 Å². The molecular weight excluding hydrogens is 292 g/mol. The monoisotopic (exact) mass is 314 g/mol. The maximum atomic E-state index is 11.3. The van der Waals surface area contributed by atoms with E-state index in [2.05, 4.69) is 30.4 Å². The van der Waals surface area contributed by atoms with Gasteiger partial charge in [0.25, 0.3) is 0 Å². The van der Waals surface area contributed by atoms with E-state index in [1.807, 2.05) is 20.0 Å². The number of nitrogens with zero attached hydrogens (tertiary/aromatic N) is 4. The van der Waals surface area contributed by atoms with Crippen molar-refractivity contribution in [2.45, 2.75) is 39.5 Å². The number of aryl methyl sites for hydroxylation is 2. The molecule has 1 unspecified atom stereocenters. The predicted octanol–water partition coefficient (Wildman–Crippen LogP) is 2.16. The summed E-state index contributed by atoms with van der Waals surface area (Å²) in [4.78, 5) is 22.6. The molecule has 0 spiro atoms. The van der Waals surface area contributed by atoms with Gasteiger partial charge in [-0.1, -0.05) is 0 Å². The molecule has 0 aromatic carbocycles. The van der Waals surface area contributed by atoms with Gasteiger partial charge in [-0.3, -0.25) is 9.89 Å². The fraction of sp³-hybridized carbons (Fsp3) is 0.500. The molecule has 0 radical (unpaired) electrons. The van der Waals surface area contributed by atoms with E-state index in [9.17, 15) is 4.79 Å². The number of carbonyl (C=O) groups is 1. The van der Waals surface area contributed by atoms with Crippen LogP contribution in [0.25, 0.3) is 0 Å². The summed E-state index contributed by atoms with van der Waals surface area (Å²) < 4.78 is 0. The van der Waals surface area contributed by atoms with Gasteiger partial charge < -0.3 is 10.2 Å². The van der Waals surface area contributed by atoms with Gasteiger partial charge in [-0.25, -0.2) is 9.97 Å². The Kier molecular flexibility index (Phi) is 4.27. The minimum atomic E-state index is -0.0854. The van der Waals surface area contributed by atoms with E-state index in [1.54, 1.807) is 6.20 Å². The fourth-order valence-corrected chi connectivity index (χ4v) is 2.96. The summed E-state index contributed by atoms with van der Waals surface area (Å²) in [5.41, 5.74) is 3.86. The highest BCUT2D eigenvalue weighted by Crippen LogP contribution is 2.31. The Labute approximate surface area is 135 Å². The maximum Gasteiger partial charge on any atom is 0.225 e. The van der Waals surface area contributed by atoms with Crippen LogP contribution in [0, 0.1) is 13.8 Å². The molecule has 2 N–H and O–H groups in total. The first-order valence-corrected chi connectivity index (χ1v) is 7.90. The van der Waals surface area contributed by atoms with Crippen LogP contribution < -0.4 is 10.2 Å². The number of amides is 1. The van der Waals surface area contributed by atoms with Gasteiger partial charge in [0.15, 0.2) is 0 Å². The Hall–Kier alpha value is -2.44. The summed E-state index contributed by atoms with van der Waals surface area (Å²) in [6.45, 7) is 7.29. The van der Waals surface area contributed by atoms with Crippen molar-refractivity contribution < 1.29 is 4.79 Å². The quantitative estimate of drug-likeness (QED) is 0.906. The lowest BCUT2D eigenvalue weighted by atomic mass is 9.94. The van der Waals surface area contributed by atoms with Crippen LogP contribution in [0.15, 0.2) is 12.4 Å². The smallest absolute Gasteiger partial charge is 0.225 e. The minimum absolute atomic E-state index is 0.0854. The Balaban J connectivity index is 1.79. The largest absolute Gasteiger partial charge is 0.340 e. The van der Waals surface area contributed by atoms with E-state index in [0.717, 1.165) is 54.5 Å². The van der Waals surface area contributed by atoms with Gasteiger partial charge in [0.2, 0.25) is 11.9 Å². The van der Waals surface area contributed by atoms with Crippen LogP contribution in [0.2, 0.25) is 0 Å². The summed E-state index contributed by atoms with van der Waals surface area (Å²) in [6, 6.07) is 0. The van der Waals surface area contributed by atoms with Gasteiger partial charge in [-0.15, -0.1) is 0 Å². The van der Waals surface area contributed by atoms with Crippen molar-refractivity contribution in [2.24, 2.45) is 0 Å². The maximum absolute atomic E-state index is 11.3. The first-order chi connectivity index (χ1) is 11.0. The second-order valence-electron chi connectivity index (χ2n) is 6.10. The zero-order valence-electron chi connectivity index (χ0n) is 13.8. The van der Waals surface area contributed by atoms with Crippen LogP contribution in [0.3, 0.4) is 0 Å². The van der Waals surface area contributed by atoms with Crippen molar-refractivity contribution in [1.29, 1.82) is 0 Å². The van der Waals surface area contributed by atoms with Crippen molar-refractivity contribution in [3.63, 3.8) is 0 Å². The summed E-state index contributed by atoms with van der Waals surface area (Å²) in [6.07, 6.45) is 5.65. The second kappa shape index (κ2) is 6.36. The zero-order valence-corrected chi connectivity index (χ0v) is 13.8. The Morgan fingerprint density at radius 1 is 1.39 bits per heavy atom. The van der Waals surface area contributed by atoms with Gasteiger partial charge in [-0.05, 0) is 32.3 Å². The first kappa shape index (κ1) is 15.5. The lowest BCUT2D eigenvalue weighted by Crippen LogP contribution is -2.36. The molecule has 122 valence electrons. The Morgan fingerprint density at radius 2 is 2.22 bits per heavy atom. The van der Waals surface area contributed by atoms with E-state index >= 15 is 0 Å². The van der Waals surface area contributed by atoms with Crippen molar-refractivity contribution >= 4 is 17.5 Å².